The molecule has 158 valence electrons. The van der Waals surface area contributed by atoms with Crippen LogP contribution in [0.25, 0.3) is 0 Å². The fraction of sp³-hybridized carbons (Fsp3) is 0.944. The Bertz CT molecular complexity index is 494. The smallest absolute Gasteiger partial charge is 0.237 e. The topological polar surface area (TPSA) is 122 Å². The summed E-state index contributed by atoms with van der Waals surface area (Å²) in [5, 5.41) is 43.5. The molecule has 2 rings (SSSR count). The van der Waals surface area contributed by atoms with Crippen molar-refractivity contribution >= 4 is 17.7 Å². The van der Waals surface area contributed by atoms with Crippen molar-refractivity contribution in [2.45, 2.75) is 81.1 Å². The third kappa shape index (κ3) is 5.14. The molecule has 5 N–H and O–H groups in total. The van der Waals surface area contributed by atoms with Gasteiger partial charge in [-0.3, -0.25) is 9.69 Å². The maximum Gasteiger partial charge on any atom is 0.237 e. The van der Waals surface area contributed by atoms with Crippen LogP contribution in [0, 0.1) is 5.92 Å². The van der Waals surface area contributed by atoms with E-state index in [1.54, 1.807) is 6.26 Å². The molecule has 0 aromatic rings. The van der Waals surface area contributed by atoms with E-state index in [1.165, 1.54) is 18.7 Å². The van der Waals surface area contributed by atoms with Gasteiger partial charge in [0.2, 0.25) is 5.91 Å². The van der Waals surface area contributed by atoms with Crippen molar-refractivity contribution in [3.63, 3.8) is 0 Å². The van der Waals surface area contributed by atoms with E-state index < -0.39 is 42.0 Å². The van der Waals surface area contributed by atoms with Crippen LogP contribution in [0.1, 0.15) is 33.1 Å². The number of ether oxygens (including phenoxy) is 1. The zero-order chi connectivity index (χ0) is 20.3. The average molecular weight is 407 g/mol. The van der Waals surface area contributed by atoms with E-state index in [0.29, 0.717) is 5.92 Å². The van der Waals surface area contributed by atoms with Crippen LogP contribution in [-0.2, 0) is 9.53 Å². The average Bonchev–Trinajstić information content (AvgIpc) is 2.99. The molecule has 0 bridgehead atoms. The third-order valence-electron chi connectivity index (χ3n) is 5.66. The highest BCUT2D eigenvalue weighted by Crippen LogP contribution is 2.30. The monoisotopic (exact) mass is 406 g/mol. The van der Waals surface area contributed by atoms with Gasteiger partial charge in [0, 0.05) is 6.54 Å². The number of amides is 1. The molecule has 0 unspecified atom stereocenters. The van der Waals surface area contributed by atoms with E-state index in [4.69, 9.17) is 4.74 Å². The van der Waals surface area contributed by atoms with E-state index in [1.807, 2.05) is 11.9 Å². The molecule has 2 heterocycles. The van der Waals surface area contributed by atoms with Crippen molar-refractivity contribution in [2.75, 3.05) is 19.8 Å². The number of likely N-dealkylation sites (tertiary alicyclic amines) is 1. The van der Waals surface area contributed by atoms with Crippen LogP contribution in [-0.4, -0.2) is 99.1 Å². The fourth-order valence-electron chi connectivity index (χ4n) is 4.13. The van der Waals surface area contributed by atoms with Crippen LogP contribution in [0.15, 0.2) is 0 Å². The SMILES string of the molecule is CCC[C@@H]1C[C@H](C(=O)N[C@H]([C@H]2O[C@H](SC)[C@H](O)[C@@H](O)[C@@H]2O)[C@@H](C)O)N(C)C1. The van der Waals surface area contributed by atoms with E-state index in [0.717, 1.165) is 25.8 Å². The zero-order valence-corrected chi connectivity index (χ0v) is 17.3. The summed E-state index contributed by atoms with van der Waals surface area (Å²) in [6.07, 6.45) is -1.50. The van der Waals surface area contributed by atoms with Crippen molar-refractivity contribution in [2.24, 2.45) is 5.92 Å². The van der Waals surface area contributed by atoms with Crippen LogP contribution in [0.4, 0.5) is 0 Å². The summed E-state index contributed by atoms with van der Waals surface area (Å²) in [5.74, 6) is 0.245. The first-order valence-electron chi connectivity index (χ1n) is 9.62. The summed E-state index contributed by atoms with van der Waals surface area (Å²) in [7, 11) is 1.91. The first-order valence-corrected chi connectivity index (χ1v) is 10.9. The first kappa shape index (κ1) is 22.9. The number of nitrogens with one attached hydrogen (secondary N) is 1. The minimum absolute atomic E-state index is 0.223. The van der Waals surface area contributed by atoms with E-state index >= 15 is 0 Å². The van der Waals surface area contributed by atoms with Gasteiger partial charge in [-0.15, -0.1) is 11.8 Å². The number of thioether (sulfide) groups is 1. The van der Waals surface area contributed by atoms with Crippen molar-refractivity contribution in [1.82, 2.24) is 10.2 Å². The highest BCUT2D eigenvalue weighted by atomic mass is 32.2. The molecule has 0 aliphatic carbocycles. The number of rotatable bonds is 7. The summed E-state index contributed by atoms with van der Waals surface area (Å²) in [5.41, 5.74) is -0.755. The van der Waals surface area contributed by atoms with Crippen LogP contribution >= 0.6 is 11.8 Å². The van der Waals surface area contributed by atoms with Gasteiger partial charge in [-0.05, 0) is 39.0 Å². The Morgan fingerprint density at radius 2 is 1.96 bits per heavy atom. The Morgan fingerprint density at radius 3 is 2.52 bits per heavy atom. The minimum Gasteiger partial charge on any atom is -0.391 e. The number of carbonyl (C=O) groups is 1. The van der Waals surface area contributed by atoms with Crippen molar-refractivity contribution in [1.29, 1.82) is 0 Å². The lowest BCUT2D eigenvalue weighted by Crippen LogP contribution is -2.65. The molecule has 0 radical (unpaired) electrons. The van der Waals surface area contributed by atoms with Crippen molar-refractivity contribution in [3.05, 3.63) is 0 Å². The molecule has 9 heteroatoms. The number of nitrogens with zero attached hydrogens (tertiary/aromatic N) is 1. The molecular weight excluding hydrogens is 372 g/mol. The predicted molar refractivity (Wildman–Crippen MR) is 103 cm³/mol. The Hall–Kier alpha value is -0.420. The largest absolute Gasteiger partial charge is 0.391 e. The molecule has 8 nitrogen and oxygen atoms in total. The summed E-state index contributed by atoms with van der Waals surface area (Å²) in [6.45, 7) is 4.48. The molecule has 2 fully saturated rings. The second-order valence-electron chi connectivity index (χ2n) is 7.80. The number of hydrogen-bond acceptors (Lipinski definition) is 8. The standard InChI is InChI=1S/C18H34N2O6S/c1-5-6-10-7-11(20(3)8-10)17(25)19-12(9(2)21)16-14(23)13(22)15(24)18(26-16)27-4/h9-16,18,21-24H,5-8H2,1-4H3,(H,19,25)/t9-,10-,11-,12+,13+,14+,15-,16-,18-/m1/s1. The first-order chi connectivity index (χ1) is 12.7. The second kappa shape index (κ2) is 9.87. The van der Waals surface area contributed by atoms with Gasteiger partial charge in [-0.25, -0.2) is 0 Å². The molecule has 2 aliphatic heterocycles. The summed E-state index contributed by atoms with van der Waals surface area (Å²) >= 11 is 1.20. The Labute approximate surface area is 165 Å². The van der Waals surface area contributed by atoms with Crippen LogP contribution < -0.4 is 5.32 Å². The van der Waals surface area contributed by atoms with Crippen LogP contribution in [0.2, 0.25) is 0 Å². The summed E-state index contributed by atoms with van der Waals surface area (Å²) in [6, 6.07) is -1.20. The van der Waals surface area contributed by atoms with Gasteiger partial charge in [-0.1, -0.05) is 13.3 Å². The summed E-state index contributed by atoms with van der Waals surface area (Å²) < 4.78 is 5.72. The van der Waals surface area contributed by atoms with E-state index in [9.17, 15) is 25.2 Å². The number of carbonyl (C=O) groups excluding carboxylic acids is 1. The predicted octanol–water partition coefficient (Wildman–Crippen LogP) is -0.857. The van der Waals surface area contributed by atoms with Gasteiger partial charge in [0.25, 0.3) is 0 Å². The highest BCUT2D eigenvalue weighted by molar-refractivity contribution is 7.99. The van der Waals surface area contributed by atoms with Gasteiger partial charge in [0.05, 0.1) is 18.2 Å². The second-order valence-corrected chi connectivity index (χ2v) is 8.73. The fourth-order valence-corrected chi connectivity index (χ4v) is 4.81. The van der Waals surface area contributed by atoms with Crippen molar-refractivity contribution in [3.8, 4) is 0 Å². The maximum atomic E-state index is 12.8. The number of aliphatic hydroxyl groups excluding tert-OH is 4. The van der Waals surface area contributed by atoms with E-state index in [-0.39, 0.29) is 11.9 Å². The third-order valence-corrected chi connectivity index (χ3v) is 6.51. The molecule has 0 spiro atoms. The van der Waals surface area contributed by atoms with Gasteiger partial charge in [0.1, 0.15) is 29.9 Å². The number of aliphatic hydroxyl groups is 4. The zero-order valence-electron chi connectivity index (χ0n) is 16.5. The molecule has 2 saturated heterocycles. The van der Waals surface area contributed by atoms with Gasteiger partial charge >= 0.3 is 0 Å². The molecule has 27 heavy (non-hydrogen) atoms. The maximum absolute atomic E-state index is 12.8. The molecule has 0 aromatic carbocycles. The molecule has 1 amide bonds. The van der Waals surface area contributed by atoms with E-state index in [2.05, 4.69) is 12.2 Å². The van der Waals surface area contributed by atoms with Gasteiger partial charge < -0.3 is 30.5 Å². The Morgan fingerprint density at radius 1 is 1.30 bits per heavy atom. The van der Waals surface area contributed by atoms with Crippen molar-refractivity contribution < 1.29 is 30.0 Å². The number of hydrogen-bond donors (Lipinski definition) is 5. The van der Waals surface area contributed by atoms with Crippen LogP contribution in [0.5, 0.6) is 0 Å². The normalized spacial score (nSPS) is 39.9. The molecule has 0 aromatic heterocycles. The lowest BCUT2D eigenvalue weighted by molar-refractivity contribution is -0.211. The lowest BCUT2D eigenvalue weighted by Gasteiger charge is -2.44. The molecule has 9 atom stereocenters. The molecular formula is C18H34N2O6S. The Kier molecular flexibility index (Phi) is 8.35. The van der Waals surface area contributed by atoms with Gasteiger partial charge in [0.15, 0.2) is 0 Å². The Balaban J connectivity index is 2.09. The summed E-state index contributed by atoms with van der Waals surface area (Å²) in [4.78, 5) is 14.9. The lowest BCUT2D eigenvalue weighted by atomic mass is 9.92. The minimum atomic E-state index is -1.42. The van der Waals surface area contributed by atoms with Crippen LogP contribution in [0.3, 0.4) is 0 Å². The highest BCUT2D eigenvalue weighted by Gasteiger charge is 2.48. The number of likely N-dealkylation sites (N-methyl/N-ethyl adjacent to an activating group) is 1. The van der Waals surface area contributed by atoms with Gasteiger partial charge in [-0.2, -0.15) is 0 Å². The quantitative estimate of drug-likeness (QED) is 0.370. The molecule has 2 aliphatic rings. The molecule has 0 saturated carbocycles.